The second kappa shape index (κ2) is 4.73. The fourth-order valence-corrected chi connectivity index (χ4v) is 1.71. The van der Waals surface area contributed by atoms with Crippen molar-refractivity contribution >= 4 is 0 Å². The number of hydrogen-bond donors (Lipinski definition) is 2. The van der Waals surface area contributed by atoms with Crippen molar-refractivity contribution in [2.75, 3.05) is 0 Å². The van der Waals surface area contributed by atoms with Crippen molar-refractivity contribution in [2.24, 2.45) is 11.3 Å². The highest BCUT2D eigenvalue weighted by atomic mass is 15.2. The molecule has 1 heterocycles. The van der Waals surface area contributed by atoms with Crippen LogP contribution in [0.4, 0.5) is 0 Å². The summed E-state index contributed by atoms with van der Waals surface area (Å²) in [6, 6.07) is 2.20. The zero-order chi connectivity index (χ0) is 11.5. The summed E-state index contributed by atoms with van der Waals surface area (Å²) in [5.74, 6) is 5.60. The predicted octanol–water partition coefficient (Wildman–Crippen LogP) is 2.33. The molecule has 0 aliphatic carbocycles. The molecule has 0 spiro atoms. The molecule has 0 aromatic carbocycles. The summed E-state index contributed by atoms with van der Waals surface area (Å²) in [5.41, 5.74) is 5.55. The third-order valence-electron chi connectivity index (χ3n) is 2.47. The van der Waals surface area contributed by atoms with E-state index in [1.54, 1.807) is 0 Å². The molecule has 0 radical (unpaired) electrons. The van der Waals surface area contributed by atoms with Gasteiger partial charge in [-0.1, -0.05) is 20.8 Å². The summed E-state index contributed by atoms with van der Waals surface area (Å²) in [4.78, 5) is 4.15. The Balaban J connectivity index is 2.88. The number of nitrogens with one attached hydrogen (secondary N) is 1. The Morgan fingerprint density at radius 1 is 1.47 bits per heavy atom. The van der Waals surface area contributed by atoms with Gasteiger partial charge in [0, 0.05) is 18.4 Å². The van der Waals surface area contributed by atoms with E-state index in [0.29, 0.717) is 0 Å². The van der Waals surface area contributed by atoms with Crippen LogP contribution in [0.25, 0.3) is 0 Å². The first kappa shape index (κ1) is 12.1. The number of nitrogens with zero attached hydrogens (tertiary/aromatic N) is 1. The topological polar surface area (TPSA) is 50.9 Å². The SMILES string of the molecule is Cc1ccncc1C(CC(C)(C)C)NN. The molecular weight excluding hydrogens is 186 g/mol. The molecule has 0 aliphatic heterocycles. The zero-order valence-corrected chi connectivity index (χ0v) is 10.0. The molecular formula is C12H21N3. The van der Waals surface area contributed by atoms with Gasteiger partial charge in [-0.15, -0.1) is 0 Å². The van der Waals surface area contributed by atoms with Crippen molar-refractivity contribution < 1.29 is 0 Å². The standard InChI is InChI=1S/C12H21N3/c1-9-5-6-14-8-10(9)11(15-13)7-12(2,3)4/h5-6,8,11,15H,7,13H2,1-4H3. The van der Waals surface area contributed by atoms with Gasteiger partial charge in [0.1, 0.15) is 0 Å². The highest BCUT2D eigenvalue weighted by Crippen LogP contribution is 2.29. The van der Waals surface area contributed by atoms with Gasteiger partial charge in [-0.3, -0.25) is 16.3 Å². The minimum absolute atomic E-state index is 0.179. The minimum atomic E-state index is 0.179. The largest absolute Gasteiger partial charge is 0.271 e. The van der Waals surface area contributed by atoms with E-state index in [0.717, 1.165) is 6.42 Å². The minimum Gasteiger partial charge on any atom is -0.271 e. The van der Waals surface area contributed by atoms with Crippen LogP contribution in [0.5, 0.6) is 0 Å². The smallest absolute Gasteiger partial charge is 0.0482 e. The lowest BCUT2D eigenvalue weighted by Gasteiger charge is -2.26. The summed E-state index contributed by atoms with van der Waals surface area (Å²) in [5, 5.41) is 0. The molecule has 0 amide bonds. The van der Waals surface area contributed by atoms with Gasteiger partial charge in [0.25, 0.3) is 0 Å². The molecule has 3 nitrogen and oxygen atoms in total. The number of aromatic nitrogens is 1. The fraction of sp³-hybridized carbons (Fsp3) is 0.583. The van der Waals surface area contributed by atoms with Crippen LogP contribution in [0.15, 0.2) is 18.5 Å². The van der Waals surface area contributed by atoms with E-state index < -0.39 is 0 Å². The lowest BCUT2D eigenvalue weighted by Crippen LogP contribution is -2.31. The Morgan fingerprint density at radius 3 is 2.60 bits per heavy atom. The Labute approximate surface area is 92.1 Å². The van der Waals surface area contributed by atoms with Crippen molar-refractivity contribution in [1.82, 2.24) is 10.4 Å². The molecule has 15 heavy (non-hydrogen) atoms. The molecule has 0 saturated carbocycles. The maximum Gasteiger partial charge on any atom is 0.0482 e. The molecule has 1 aromatic rings. The maximum atomic E-state index is 5.60. The van der Waals surface area contributed by atoms with E-state index in [1.165, 1.54) is 11.1 Å². The molecule has 0 saturated heterocycles. The quantitative estimate of drug-likeness (QED) is 0.591. The zero-order valence-electron chi connectivity index (χ0n) is 10.0. The van der Waals surface area contributed by atoms with Crippen molar-refractivity contribution in [3.63, 3.8) is 0 Å². The van der Waals surface area contributed by atoms with Crippen molar-refractivity contribution in [2.45, 2.75) is 40.2 Å². The molecule has 1 unspecified atom stereocenters. The first-order chi connectivity index (χ1) is 6.94. The van der Waals surface area contributed by atoms with Crippen LogP contribution < -0.4 is 11.3 Å². The molecule has 1 aromatic heterocycles. The van der Waals surface area contributed by atoms with Crippen LogP contribution in [0.1, 0.15) is 44.4 Å². The third-order valence-corrected chi connectivity index (χ3v) is 2.47. The van der Waals surface area contributed by atoms with Gasteiger partial charge in [0.2, 0.25) is 0 Å². The summed E-state index contributed by atoms with van der Waals surface area (Å²) >= 11 is 0. The molecule has 1 rings (SSSR count). The summed E-state index contributed by atoms with van der Waals surface area (Å²) < 4.78 is 0. The van der Waals surface area contributed by atoms with E-state index in [2.05, 4.69) is 38.1 Å². The second-order valence-electron chi connectivity index (χ2n) is 5.22. The average molecular weight is 207 g/mol. The molecule has 0 aliphatic rings. The van der Waals surface area contributed by atoms with E-state index in [9.17, 15) is 0 Å². The van der Waals surface area contributed by atoms with Crippen LogP contribution in [0.3, 0.4) is 0 Å². The summed E-state index contributed by atoms with van der Waals surface area (Å²) in [6.45, 7) is 8.72. The first-order valence-corrected chi connectivity index (χ1v) is 5.30. The Bertz CT molecular complexity index is 315. The van der Waals surface area contributed by atoms with E-state index in [1.807, 2.05) is 18.5 Å². The van der Waals surface area contributed by atoms with Crippen molar-refractivity contribution in [3.05, 3.63) is 29.6 Å². The van der Waals surface area contributed by atoms with Gasteiger partial charge in [0.15, 0.2) is 0 Å². The number of aryl methyl sites for hydroxylation is 1. The number of hydrazine groups is 1. The van der Waals surface area contributed by atoms with Gasteiger partial charge in [0.05, 0.1) is 0 Å². The van der Waals surface area contributed by atoms with Crippen LogP contribution in [-0.4, -0.2) is 4.98 Å². The van der Waals surface area contributed by atoms with E-state index >= 15 is 0 Å². The second-order valence-corrected chi connectivity index (χ2v) is 5.22. The maximum absolute atomic E-state index is 5.60. The Morgan fingerprint density at radius 2 is 2.13 bits per heavy atom. The highest BCUT2D eigenvalue weighted by Gasteiger charge is 2.20. The predicted molar refractivity (Wildman–Crippen MR) is 63.1 cm³/mol. The fourth-order valence-electron chi connectivity index (χ4n) is 1.71. The summed E-state index contributed by atoms with van der Waals surface area (Å²) in [6.07, 6.45) is 4.70. The van der Waals surface area contributed by atoms with Crippen molar-refractivity contribution in [1.29, 1.82) is 0 Å². The van der Waals surface area contributed by atoms with Crippen LogP contribution >= 0.6 is 0 Å². The van der Waals surface area contributed by atoms with Gasteiger partial charge in [-0.25, -0.2) is 0 Å². The average Bonchev–Trinajstić information content (AvgIpc) is 2.14. The van der Waals surface area contributed by atoms with Crippen molar-refractivity contribution in [3.8, 4) is 0 Å². The van der Waals surface area contributed by atoms with Gasteiger partial charge in [-0.2, -0.15) is 0 Å². The molecule has 0 bridgehead atoms. The first-order valence-electron chi connectivity index (χ1n) is 5.30. The van der Waals surface area contributed by atoms with Crippen LogP contribution in [0.2, 0.25) is 0 Å². The van der Waals surface area contributed by atoms with Crippen LogP contribution in [-0.2, 0) is 0 Å². The highest BCUT2D eigenvalue weighted by molar-refractivity contribution is 5.25. The molecule has 84 valence electrons. The van der Waals surface area contributed by atoms with E-state index in [-0.39, 0.29) is 11.5 Å². The van der Waals surface area contributed by atoms with Crippen LogP contribution in [0, 0.1) is 12.3 Å². The molecule has 3 N–H and O–H groups in total. The number of nitrogens with two attached hydrogens (primary N) is 1. The van der Waals surface area contributed by atoms with E-state index in [4.69, 9.17) is 5.84 Å². The lowest BCUT2D eigenvalue weighted by atomic mass is 9.85. The number of hydrogen-bond acceptors (Lipinski definition) is 3. The monoisotopic (exact) mass is 207 g/mol. The number of rotatable bonds is 3. The van der Waals surface area contributed by atoms with Gasteiger partial charge >= 0.3 is 0 Å². The summed E-state index contributed by atoms with van der Waals surface area (Å²) in [7, 11) is 0. The molecule has 1 atom stereocenters. The number of pyridine rings is 1. The Kier molecular flexibility index (Phi) is 3.83. The Hall–Kier alpha value is -0.930. The lowest BCUT2D eigenvalue weighted by molar-refractivity contribution is 0.312. The van der Waals surface area contributed by atoms with Gasteiger partial charge in [-0.05, 0) is 36.0 Å². The molecule has 0 fully saturated rings. The van der Waals surface area contributed by atoms with Gasteiger partial charge < -0.3 is 0 Å². The normalized spacial score (nSPS) is 13.9. The molecule has 3 heteroatoms. The third kappa shape index (κ3) is 3.61.